The van der Waals surface area contributed by atoms with E-state index in [1.165, 1.54) is 0 Å². The van der Waals surface area contributed by atoms with Crippen molar-refractivity contribution in [1.29, 1.82) is 0 Å². The van der Waals surface area contributed by atoms with Crippen LogP contribution in [0.1, 0.15) is 29.3 Å². The van der Waals surface area contributed by atoms with Crippen molar-refractivity contribution in [3.63, 3.8) is 0 Å². The molecule has 0 fully saturated rings. The maximum absolute atomic E-state index is 12.4. The fraction of sp³-hybridized carbons (Fsp3) is 0.125. The zero-order valence-electron chi connectivity index (χ0n) is 17.1. The third-order valence-corrected chi connectivity index (χ3v) is 4.54. The highest BCUT2D eigenvalue weighted by Gasteiger charge is 2.09. The minimum absolute atomic E-state index is 0.0556. The largest absolute Gasteiger partial charge is 0.489 e. The van der Waals surface area contributed by atoms with E-state index in [4.69, 9.17) is 17.0 Å². The van der Waals surface area contributed by atoms with E-state index in [0.717, 1.165) is 5.56 Å². The van der Waals surface area contributed by atoms with Crippen LogP contribution in [0.5, 0.6) is 5.75 Å². The number of carbonyl (C=O) groups excluding carboxylic acids is 2. The Hall–Kier alpha value is -3.71. The van der Waals surface area contributed by atoms with Gasteiger partial charge in [0.05, 0.1) is 0 Å². The first-order chi connectivity index (χ1) is 15.0. The molecular weight excluding hydrogens is 410 g/mol. The van der Waals surface area contributed by atoms with Crippen LogP contribution in [0.25, 0.3) is 0 Å². The molecule has 0 spiro atoms. The van der Waals surface area contributed by atoms with Crippen LogP contribution in [0.15, 0.2) is 78.9 Å². The molecule has 0 heterocycles. The Balaban J connectivity index is 1.49. The van der Waals surface area contributed by atoms with Gasteiger partial charge in [0.15, 0.2) is 5.11 Å². The van der Waals surface area contributed by atoms with E-state index < -0.39 is 0 Å². The zero-order chi connectivity index (χ0) is 22.1. The molecule has 0 atom stereocenters. The average Bonchev–Trinajstić information content (AvgIpc) is 2.80. The first kappa shape index (κ1) is 22.0. The molecule has 7 heteroatoms. The molecule has 0 radical (unpaired) electrons. The first-order valence-electron chi connectivity index (χ1n) is 9.82. The second kappa shape index (κ2) is 10.9. The van der Waals surface area contributed by atoms with Crippen molar-refractivity contribution in [3.05, 3.63) is 90.0 Å². The van der Waals surface area contributed by atoms with Gasteiger partial charge in [-0.05, 0) is 66.3 Å². The highest BCUT2D eigenvalue weighted by molar-refractivity contribution is 7.80. The van der Waals surface area contributed by atoms with E-state index in [2.05, 4.69) is 16.0 Å². The Morgan fingerprint density at radius 3 is 2.06 bits per heavy atom. The van der Waals surface area contributed by atoms with Crippen molar-refractivity contribution in [2.45, 2.75) is 20.0 Å². The lowest BCUT2D eigenvalue weighted by atomic mass is 10.2. The van der Waals surface area contributed by atoms with Crippen molar-refractivity contribution in [2.75, 3.05) is 10.6 Å². The minimum atomic E-state index is -0.320. The van der Waals surface area contributed by atoms with Crippen LogP contribution < -0.4 is 20.7 Å². The van der Waals surface area contributed by atoms with Gasteiger partial charge in [-0.1, -0.05) is 37.3 Å². The average molecular weight is 434 g/mol. The first-order valence-corrected chi connectivity index (χ1v) is 10.2. The lowest BCUT2D eigenvalue weighted by Gasteiger charge is -2.11. The summed E-state index contributed by atoms with van der Waals surface area (Å²) in [4.78, 5) is 23.8. The smallest absolute Gasteiger partial charge is 0.257 e. The van der Waals surface area contributed by atoms with E-state index in [-0.39, 0.29) is 16.9 Å². The van der Waals surface area contributed by atoms with Gasteiger partial charge in [-0.3, -0.25) is 14.9 Å². The van der Waals surface area contributed by atoms with Crippen LogP contribution >= 0.6 is 12.2 Å². The SMILES string of the molecule is CCC(=O)Nc1ccc(NC(=S)NC(=O)c2ccc(OCc3ccccc3)cc2)cc1. The molecule has 0 aliphatic carbocycles. The molecule has 0 aliphatic rings. The highest BCUT2D eigenvalue weighted by Crippen LogP contribution is 2.15. The van der Waals surface area contributed by atoms with Gasteiger partial charge >= 0.3 is 0 Å². The number of amides is 2. The quantitative estimate of drug-likeness (QED) is 0.469. The molecule has 0 saturated heterocycles. The Labute approximate surface area is 186 Å². The van der Waals surface area contributed by atoms with Crippen LogP contribution in [0.2, 0.25) is 0 Å². The number of hydrogen-bond donors (Lipinski definition) is 3. The topological polar surface area (TPSA) is 79.5 Å². The molecule has 158 valence electrons. The van der Waals surface area contributed by atoms with Gasteiger partial charge in [0.1, 0.15) is 12.4 Å². The molecule has 0 bridgehead atoms. The number of nitrogens with one attached hydrogen (secondary N) is 3. The van der Waals surface area contributed by atoms with Gasteiger partial charge in [-0.2, -0.15) is 0 Å². The number of thiocarbonyl (C=S) groups is 1. The van der Waals surface area contributed by atoms with E-state index in [0.29, 0.717) is 35.7 Å². The fourth-order valence-electron chi connectivity index (χ4n) is 2.67. The summed E-state index contributed by atoms with van der Waals surface area (Å²) in [7, 11) is 0. The van der Waals surface area contributed by atoms with Crippen LogP contribution in [-0.2, 0) is 11.4 Å². The third-order valence-electron chi connectivity index (χ3n) is 4.34. The summed E-state index contributed by atoms with van der Waals surface area (Å²) in [5.41, 5.74) is 2.93. The second-order valence-electron chi connectivity index (χ2n) is 6.69. The number of benzene rings is 3. The predicted octanol–water partition coefficient (Wildman–Crippen LogP) is 4.74. The standard InChI is InChI=1S/C24H23N3O3S/c1-2-22(28)25-19-10-12-20(13-11-19)26-24(31)27-23(29)18-8-14-21(15-9-18)30-16-17-6-4-3-5-7-17/h3-15H,2,16H2,1H3,(H,25,28)(H2,26,27,29,31). The Bertz CT molecular complexity index is 1040. The summed E-state index contributed by atoms with van der Waals surface area (Å²) in [6.45, 7) is 2.25. The van der Waals surface area contributed by atoms with Gasteiger partial charge in [0.2, 0.25) is 5.91 Å². The summed E-state index contributed by atoms with van der Waals surface area (Å²) in [6, 6.07) is 23.8. The lowest BCUT2D eigenvalue weighted by Crippen LogP contribution is -2.34. The fourth-order valence-corrected chi connectivity index (χ4v) is 2.88. The van der Waals surface area contributed by atoms with E-state index in [1.54, 1.807) is 55.5 Å². The summed E-state index contributed by atoms with van der Waals surface area (Å²) >= 11 is 5.22. The molecule has 2 amide bonds. The lowest BCUT2D eigenvalue weighted by molar-refractivity contribution is -0.115. The number of rotatable bonds is 7. The van der Waals surface area contributed by atoms with Crippen LogP contribution in [0.4, 0.5) is 11.4 Å². The number of hydrogen-bond acceptors (Lipinski definition) is 4. The van der Waals surface area contributed by atoms with Crippen molar-refractivity contribution < 1.29 is 14.3 Å². The monoisotopic (exact) mass is 433 g/mol. The summed E-state index contributed by atoms with van der Waals surface area (Å²) in [5.74, 6) is 0.301. The molecule has 0 aliphatic heterocycles. The van der Waals surface area contributed by atoms with Crippen molar-refractivity contribution in [2.24, 2.45) is 0 Å². The molecule has 0 unspecified atom stereocenters. The van der Waals surface area contributed by atoms with Crippen molar-refractivity contribution in [3.8, 4) is 5.75 Å². The molecule has 3 aromatic rings. The highest BCUT2D eigenvalue weighted by atomic mass is 32.1. The summed E-state index contributed by atoms with van der Waals surface area (Å²) < 4.78 is 5.73. The van der Waals surface area contributed by atoms with Gasteiger partial charge in [-0.15, -0.1) is 0 Å². The van der Waals surface area contributed by atoms with Gasteiger partial charge in [-0.25, -0.2) is 0 Å². The molecule has 3 aromatic carbocycles. The van der Waals surface area contributed by atoms with Crippen LogP contribution in [0, 0.1) is 0 Å². The van der Waals surface area contributed by atoms with E-state index in [9.17, 15) is 9.59 Å². The zero-order valence-corrected chi connectivity index (χ0v) is 17.9. The van der Waals surface area contributed by atoms with Gasteiger partial charge < -0.3 is 15.4 Å². The number of anilines is 2. The molecule has 0 saturated carbocycles. The molecular formula is C24H23N3O3S. The Morgan fingerprint density at radius 1 is 0.839 bits per heavy atom. The normalized spacial score (nSPS) is 10.1. The molecule has 3 rings (SSSR count). The molecule has 3 N–H and O–H groups in total. The van der Waals surface area contributed by atoms with Crippen LogP contribution in [-0.4, -0.2) is 16.9 Å². The molecule has 0 aromatic heterocycles. The summed E-state index contributed by atoms with van der Waals surface area (Å²) in [6.07, 6.45) is 0.413. The third kappa shape index (κ3) is 6.94. The minimum Gasteiger partial charge on any atom is -0.489 e. The predicted molar refractivity (Wildman–Crippen MR) is 126 cm³/mol. The van der Waals surface area contributed by atoms with Crippen molar-refractivity contribution in [1.82, 2.24) is 5.32 Å². The van der Waals surface area contributed by atoms with Crippen molar-refractivity contribution >= 4 is 40.5 Å². The maximum Gasteiger partial charge on any atom is 0.257 e. The number of ether oxygens (including phenoxy) is 1. The Kier molecular flexibility index (Phi) is 7.73. The second-order valence-corrected chi connectivity index (χ2v) is 7.09. The molecule has 31 heavy (non-hydrogen) atoms. The van der Waals surface area contributed by atoms with E-state index in [1.807, 2.05) is 30.3 Å². The van der Waals surface area contributed by atoms with Crippen LogP contribution in [0.3, 0.4) is 0 Å². The van der Waals surface area contributed by atoms with Gasteiger partial charge in [0, 0.05) is 23.4 Å². The Morgan fingerprint density at radius 2 is 1.45 bits per heavy atom. The maximum atomic E-state index is 12.4. The van der Waals surface area contributed by atoms with E-state index >= 15 is 0 Å². The van der Waals surface area contributed by atoms with Gasteiger partial charge in [0.25, 0.3) is 5.91 Å². The molecule has 6 nitrogen and oxygen atoms in total. The summed E-state index contributed by atoms with van der Waals surface area (Å²) in [5, 5.41) is 8.55. The number of carbonyl (C=O) groups is 2.